The molecule has 0 spiro atoms. The Balaban J connectivity index is 1.00. The van der Waals surface area contributed by atoms with E-state index < -0.39 is 0 Å². The standard InChI is InChI=1S/C53H34N2O/c1-3-9-38-29-40(15-13-35(38)7-1)42-17-19-46-33-49(27-23-44(46)31-42)55(48-25-21-37(22-26-48)53-54-51-11-5-6-12-52(51)56-53)50-28-24-45-32-43(18-20-47(45)34-50)41-16-14-36-8-2-4-10-39(36)30-41/h1-34H/i31D. The number of hydrogen-bond acceptors (Lipinski definition) is 3. The molecular formula is C53H34N2O. The molecule has 1 aromatic heterocycles. The number of aromatic nitrogens is 1. The summed E-state index contributed by atoms with van der Waals surface area (Å²) in [6.07, 6.45) is 0. The molecule has 0 saturated heterocycles. The molecule has 56 heavy (non-hydrogen) atoms. The van der Waals surface area contributed by atoms with Gasteiger partial charge in [-0.3, -0.25) is 0 Å². The molecule has 262 valence electrons. The summed E-state index contributed by atoms with van der Waals surface area (Å²) in [5, 5.41) is 9.09. The maximum absolute atomic E-state index is 9.32. The summed E-state index contributed by atoms with van der Waals surface area (Å²) in [7, 11) is 0. The minimum atomic E-state index is 0.525. The Bertz CT molecular complexity index is 3300. The van der Waals surface area contributed by atoms with Crippen LogP contribution in [-0.2, 0) is 0 Å². The first-order chi connectivity index (χ1) is 28.1. The van der Waals surface area contributed by atoms with E-state index in [-0.39, 0.29) is 0 Å². The monoisotopic (exact) mass is 715 g/mol. The van der Waals surface area contributed by atoms with Gasteiger partial charge in [-0.15, -0.1) is 0 Å². The van der Waals surface area contributed by atoms with Gasteiger partial charge >= 0.3 is 0 Å². The Labute approximate surface area is 325 Å². The average Bonchev–Trinajstić information content (AvgIpc) is 3.71. The molecule has 0 bridgehead atoms. The lowest BCUT2D eigenvalue weighted by Crippen LogP contribution is -2.10. The molecule has 0 unspecified atom stereocenters. The van der Waals surface area contributed by atoms with Crippen molar-refractivity contribution < 1.29 is 5.79 Å². The number of fused-ring (bicyclic) bond motifs is 5. The van der Waals surface area contributed by atoms with Crippen LogP contribution in [0.4, 0.5) is 17.1 Å². The molecule has 0 amide bonds. The van der Waals surface area contributed by atoms with Gasteiger partial charge in [0.05, 0.1) is 1.37 Å². The van der Waals surface area contributed by atoms with Crippen LogP contribution >= 0.6 is 0 Å². The highest BCUT2D eigenvalue weighted by atomic mass is 16.3. The molecule has 0 aliphatic rings. The zero-order valence-corrected chi connectivity index (χ0v) is 30.4. The molecule has 0 aliphatic carbocycles. The number of oxazole rings is 1. The summed E-state index contributed by atoms with van der Waals surface area (Å²) in [4.78, 5) is 7.02. The normalized spacial score (nSPS) is 11.8. The Kier molecular flexibility index (Phi) is 7.24. The Hall–Kier alpha value is -7.49. The number of benzene rings is 10. The molecule has 11 rings (SSSR count). The van der Waals surface area contributed by atoms with Crippen molar-refractivity contribution in [3.63, 3.8) is 0 Å². The van der Waals surface area contributed by atoms with Crippen molar-refractivity contribution in [1.29, 1.82) is 0 Å². The fourth-order valence-electron chi connectivity index (χ4n) is 7.94. The number of nitrogens with zero attached hydrogens (tertiary/aromatic N) is 2. The van der Waals surface area contributed by atoms with Gasteiger partial charge in [-0.05, 0) is 150 Å². The van der Waals surface area contributed by atoms with Crippen LogP contribution in [0.3, 0.4) is 0 Å². The fraction of sp³-hybridized carbons (Fsp3) is 0. The van der Waals surface area contributed by atoms with E-state index in [0.717, 1.165) is 61.0 Å². The highest BCUT2D eigenvalue weighted by Crippen LogP contribution is 2.40. The van der Waals surface area contributed by atoms with E-state index in [2.05, 4.69) is 181 Å². The highest BCUT2D eigenvalue weighted by molar-refractivity contribution is 5.97. The first-order valence-corrected chi connectivity index (χ1v) is 18.9. The van der Waals surface area contributed by atoms with Crippen LogP contribution in [0.1, 0.15) is 1.37 Å². The minimum Gasteiger partial charge on any atom is -0.436 e. The maximum atomic E-state index is 9.32. The van der Waals surface area contributed by atoms with Crippen LogP contribution in [0.2, 0.25) is 0 Å². The Morgan fingerprint density at radius 1 is 0.357 bits per heavy atom. The summed E-state index contributed by atoms with van der Waals surface area (Å²) >= 11 is 0. The van der Waals surface area contributed by atoms with Gasteiger partial charge in [0, 0.05) is 22.6 Å². The molecule has 3 heteroatoms. The van der Waals surface area contributed by atoms with Crippen molar-refractivity contribution in [2.24, 2.45) is 0 Å². The Morgan fingerprint density at radius 2 is 0.786 bits per heavy atom. The third-order valence-corrected chi connectivity index (χ3v) is 10.9. The fourth-order valence-corrected chi connectivity index (χ4v) is 7.94. The number of anilines is 3. The molecule has 0 atom stereocenters. The van der Waals surface area contributed by atoms with E-state index in [4.69, 9.17) is 9.40 Å². The van der Waals surface area contributed by atoms with Crippen molar-refractivity contribution in [1.82, 2.24) is 4.98 Å². The van der Waals surface area contributed by atoms with Crippen LogP contribution in [0.25, 0.3) is 87.9 Å². The molecule has 0 saturated carbocycles. The second-order valence-electron chi connectivity index (χ2n) is 14.4. The number of hydrogen-bond donors (Lipinski definition) is 0. The van der Waals surface area contributed by atoms with Gasteiger partial charge in [-0.25, -0.2) is 4.98 Å². The second-order valence-corrected chi connectivity index (χ2v) is 14.4. The molecule has 11 aromatic rings. The van der Waals surface area contributed by atoms with E-state index in [1.807, 2.05) is 24.3 Å². The van der Waals surface area contributed by atoms with E-state index in [0.29, 0.717) is 11.9 Å². The minimum absolute atomic E-state index is 0.525. The highest BCUT2D eigenvalue weighted by Gasteiger charge is 2.16. The Morgan fingerprint density at radius 3 is 1.43 bits per heavy atom. The third-order valence-electron chi connectivity index (χ3n) is 10.9. The van der Waals surface area contributed by atoms with Gasteiger partial charge in [0.1, 0.15) is 5.52 Å². The van der Waals surface area contributed by atoms with Crippen molar-refractivity contribution in [2.45, 2.75) is 0 Å². The molecule has 3 nitrogen and oxygen atoms in total. The zero-order chi connectivity index (χ0) is 37.9. The SMILES string of the molecule is [2H]c1c(-c2ccc3ccccc3c2)ccc2cc(N(c3ccc(-c4nc5ccccc5o4)cc3)c3ccc4cc(-c5ccc6ccccc6c5)ccc4c3)ccc12. The van der Waals surface area contributed by atoms with Crippen LogP contribution < -0.4 is 4.90 Å². The third kappa shape index (κ3) is 5.74. The van der Waals surface area contributed by atoms with Gasteiger partial charge < -0.3 is 9.32 Å². The summed E-state index contributed by atoms with van der Waals surface area (Å²) in [5.74, 6) is 0.595. The summed E-state index contributed by atoms with van der Waals surface area (Å²) in [6, 6.07) is 70.8. The van der Waals surface area contributed by atoms with Gasteiger partial charge in [-0.2, -0.15) is 0 Å². The lowest BCUT2D eigenvalue weighted by Gasteiger charge is -2.26. The van der Waals surface area contributed by atoms with Gasteiger partial charge in [0.25, 0.3) is 0 Å². The number of rotatable bonds is 6. The van der Waals surface area contributed by atoms with Crippen LogP contribution in [0.5, 0.6) is 0 Å². The maximum Gasteiger partial charge on any atom is 0.227 e. The average molecular weight is 716 g/mol. The topological polar surface area (TPSA) is 29.3 Å². The van der Waals surface area contributed by atoms with Gasteiger partial charge in [0.2, 0.25) is 5.89 Å². The summed E-state index contributed by atoms with van der Waals surface area (Å²) < 4.78 is 15.4. The van der Waals surface area contributed by atoms with Crippen LogP contribution in [0, 0.1) is 0 Å². The van der Waals surface area contributed by atoms with Crippen molar-refractivity contribution in [2.75, 3.05) is 4.90 Å². The summed E-state index contributed by atoms with van der Waals surface area (Å²) in [6.45, 7) is 0. The lowest BCUT2D eigenvalue weighted by atomic mass is 9.98. The molecule has 10 aromatic carbocycles. The van der Waals surface area contributed by atoms with E-state index in [9.17, 15) is 1.37 Å². The zero-order valence-electron chi connectivity index (χ0n) is 31.4. The van der Waals surface area contributed by atoms with Crippen LogP contribution in [0.15, 0.2) is 211 Å². The smallest absolute Gasteiger partial charge is 0.227 e. The van der Waals surface area contributed by atoms with E-state index in [1.165, 1.54) is 38.1 Å². The second kappa shape index (κ2) is 13.1. The molecule has 0 aliphatic heterocycles. The van der Waals surface area contributed by atoms with Gasteiger partial charge in [-0.1, -0.05) is 121 Å². The molecular weight excluding hydrogens is 681 g/mol. The summed E-state index contributed by atoms with van der Waals surface area (Å²) in [5.41, 5.74) is 9.92. The van der Waals surface area contributed by atoms with Crippen LogP contribution in [-0.4, -0.2) is 4.98 Å². The van der Waals surface area contributed by atoms with Crippen molar-refractivity contribution >= 4 is 71.3 Å². The first-order valence-electron chi connectivity index (χ1n) is 19.4. The number of para-hydroxylation sites is 2. The molecule has 1 heterocycles. The lowest BCUT2D eigenvalue weighted by molar-refractivity contribution is 0.620. The first kappa shape index (κ1) is 30.9. The molecule has 0 fully saturated rings. The quantitative estimate of drug-likeness (QED) is 0.172. The van der Waals surface area contributed by atoms with Gasteiger partial charge in [0.15, 0.2) is 5.58 Å². The van der Waals surface area contributed by atoms with E-state index >= 15 is 0 Å². The van der Waals surface area contributed by atoms with E-state index in [1.54, 1.807) is 0 Å². The molecule has 0 N–H and O–H groups in total. The predicted molar refractivity (Wildman–Crippen MR) is 235 cm³/mol. The largest absolute Gasteiger partial charge is 0.436 e. The molecule has 0 radical (unpaired) electrons. The van der Waals surface area contributed by atoms with Crippen molar-refractivity contribution in [3.8, 4) is 33.7 Å². The predicted octanol–water partition coefficient (Wildman–Crippen LogP) is 14.9. The van der Waals surface area contributed by atoms with Crippen molar-refractivity contribution in [3.05, 3.63) is 206 Å².